The Morgan fingerprint density at radius 3 is 3.06 bits per heavy atom. The number of nitrogens with zero attached hydrogens (tertiary/aromatic N) is 2. The summed E-state index contributed by atoms with van der Waals surface area (Å²) in [5.74, 6) is 0.860. The largest absolute Gasteiger partial charge is 0.309 e. The molecular weight excluding hydrogens is 266 g/mol. The van der Waals surface area contributed by atoms with Crippen LogP contribution in [0.2, 0.25) is 0 Å². The van der Waals surface area contributed by atoms with Gasteiger partial charge in [0, 0.05) is 6.54 Å². The second-order valence-electron chi connectivity index (χ2n) is 4.50. The fourth-order valence-electron chi connectivity index (χ4n) is 2.55. The van der Waals surface area contributed by atoms with Crippen molar-refractivity contribution < 1.29 is 0 Å². The minimum absolute atomic E-state index is 0.468. The van der Waals surface area contributed by atoms with Crippen molar-refractivity contribution in [1.29, 1.82) is 0 Å². The van der Waals surface area contributed by atoms with Crippen LogP contribution in [-0.4, -0.2) is 16.3 Å². The number of nitrogens with one attached hydrogen (secondary N) is 1. The molecule has 1 N–H and O–H groups in total. The van der Waals surface area contributed by atoms with E-state index in [-0.39, 0.29) is 0 Å². The highest BCUT2D eigenvalue weighted by Crippen LogP contribution is 2.32. The van der Waals surface area contributed by atoms with Gasteiger partial charge in [-0.05, 0) is 48.2 Å². The van der Waals surface area contributed by atoms with Crippen LogP contribution >= 0.6 is 15.9 Å². The van der Waals surface area contributed by atoms with Gasteiger partial charge in [-0.3, -0.25) is 4.68 Å². The van der Waals surface area contributed by atoms with Gasteiger partial charge < -0.3 is 5.32 Å². The summed E-state index contributed by atoms with van der Waals surface area (Å²) in [6.45, 7) is 6.50. The number of aryl methyl sites for hydroxylation is 1. The molecule has 1 aromatic heterocycles. The molecule has 0 bridgehead atoms. The zero-order valence-electron chi connectivity index (χ0n) is 10.0. The van der Waals surface area contributed by atoms with Crippen LogP contribution in [0.25, 0.3) is 0 Å². The van der Waals surface area contributed by atoms with Gasteiger partial charge in [0.05, 0.1) is 22.4 Å². The van der Waals surface area contributed by atoms with Crippen molar-refractivity contribution in [3.63, 3.8) is 0 Å². The lowest BCUT2D eigenvalue weighted by Gasteiger charge is -2.30. The van der Waals surface area contributed by atoms with Gasteiger partial charge in [0.25, 0.3) is 0 Å². The first-order valence-corrected chi connectivity index (χ1v) is 7.00. The van der Waals surface area contributed by atoms with E-state index in [4.69, 9.17) is 0 Å². The summed E-state index contributed by atoms with van der Waals surface area (Å²) in [5.41, 5.74) is 1.32. The molecule has 0 radical (unpaired) electrons. The van der Waals surface area contributed by atoms with Gasteiger partial charge in [-0.2, -0.15) is 5.10 Å². The maximum atomic E-state index is 4.39. The van der Waals surface area contributed by atoms with Crippen molar-refractivity contribution in [3.05, 3.63) is 16.4 Å². The molecule has 1 aromatic rings. The molecule has 16 heavy (non-hydrogen) atoms. The molecule has 1 fully saturated rings. The third kappa shape index (κ3) is 2.33. The smallest absolute Gasteiger partial charge is 0.0695 e. The third-order valence-electron chi connectivity index (χ3n) is 3.55. The summed E-state index contributed by atoms with van der Waals surface area (Å²) < 4.78 is 3.24. The summed E-state index contributed by atoms with van der Waals surface area (Å²) in [4.78, 5) is 0. The van der Waals surface area contributed by atoms with Gasteiger partial charge in [0.2, 0.25) is 0 Å². The monoisotopic (exact) mass is 285 g/mol. The molecule has 1 aliphatic heterocycles. The van der Waals surface area contributed by atoms with Crippen LogP contribution in [-0.2, 0) is 6.54 Å². The molecule has 4 heteroatoms. The Labute approximate surface area is 106 Å². The van der Waals surface area contributed by atoms with E-state index < -0.39 is 0 Å². The van der Waals surface area contributed by atoms with Crippen LogP contribution < -0.4 is 5.32 Å². The van der Waals surface area contributed by atoms with E-state index in [0.29, 0.717) is 6.04 Å². The fourth-order valence-corrected chi connectivity index (χ4v) is 3.12. The molecule has 90 valence electrons. The summed E-state index contributed by atoms with van der Waals surface area (Å²) in [6, 6.07) is 0.468. The van der Waals surface area contributed by atoms with Gasteiger partial charge in [0.1, 0.15) is 0 Å². The molecule has 0 amide bonds. The first kappa shape index (κ1) is 12.1. The van der Waals surface area contributed by atoms with Crippen molar-refractivity contribution in [2.45, 2.75) is 45.7 Å². The lowest BCUT2D eigenvalue weighted by atomic mass is 9.89. The Morgan fingerprint density at radius 2 is 2.38 bits per heavy atom. The predicted molar refractivity (Wildman–Crippen MR) is 69.4 cm³/mol. The number of hydrogen-bond donors (Lipinski definition) is 1. The average Bonchev–Trinajstić information content (AvgIpc) is 2.70. The number of hydrogen-bond acceptors (Lipinski definition) is 2. The van der Waals surface area contributed by atoms with Crippen molar-refractivity contribution in [1.82, 2.24) is 15.1 Å². The van der Waals surface area contributed by atoms with Gasteiger partial charge >= 0.3 is 0 Å². The van der Waals surface area contributed by atoms with Crippen LogP contribution in [0.4, 0.5) is 0 Å². The Hall–Kier alpha value is -0.350. The lowest BCUT2D eigenvalue weighted by molar-refractivity contribution is 0.288. The highest BCUT2D eigenvalue weighted by atomic mass is 79.9. The Bertz CT molecular complexity index is 348. The quantitative estimate of drug-likeness (QED) is 0.925. The Kier molecular flexibility index (Phi) is 4.03. The van der Waals surface area contributed by atoms with Crippen molar-refractivity contribution in [3.8, 4) is 0 Å². The van der Waals surface area contributed by atoms with E-state index in [9.17, 15) is 0 Å². The zero-order chi connectivity index (χ0) is 11.5. The Morgan fingerprint density at radius 1 is 1.56 bits per heavy atom. The molecule has 2 unspecified atom stereocenters. The third-order valence-corrected chi connectivity index (χ3v) is 4.16. The molecule has 3 nitrogen and oxygen atoms in total. The van der Waals surface area contributed by atoms with Crippen LogP contribution in [0, 0.1) is 5.92 Å². The number of piperidine rings is 1. The molecule has 2 heterocycles. The summed E-state index contributed by atoms with van der Waals surface area (Å²) in [5, 5.41) is 8.00. The second kappa shape index (κ2) is 5.32. The maximum absolute atomic E-state index is 4.39. The van der Waals surface area contributed by atoms with Crippen molar-refractivity contribution in [2.75, 3.05) is 6.54 Å². The lowest BCUT2D eigenvalue weighted by Crippen LogP contribution is -2.33. The highest BCUT2D eigenvalue weighted by molar-refractivity contribution is 9.10. The zero-order valence-corrected chi connectivity index (χ0v) is 11.6. The normalized spacial score (nSPS) is 25.9. The molecular formula is C12H20BrN3. The van der Waals surface area contributed by atoms with E-state index in [0.717, 1.165) is 23.5 Å². The van der Waals surface area contributed by atoms with Gasteiger partial charge in [-0.25, -0.2) is 0 Å². The minimum atomic E-state index is 0.468. The van der Waals surface area contributed by atoms with Crippen LogP contribution in [0.1, 0.15) is 44.8 Å². The molecule has 0 spiro atoms. The van der Waals surface area contributed by atoms with Gasteiger partial charge in [0.15, 0.2) is 0 Å². The molecule has 1 saturated heterocycles. The summed E-state index contributed by atoms with van der Waals surface area (Å²) >= 11 is 3.61. The van der Waals surface area contributed by atoms with Crippen LogP contribution in [0.5, 0.6) is 0 Å². The molecule has 0 aromatic carbocycles. The highest BCUT2D eigenvalue weighted by Gasteiger charge is 2.25. The number of rotatable bonds is 3. The standard InChI is InChI=1S/C12H20BrN3/c1-3-9-5-6-14-11(7-9)12-10(13)8-15-16(12)4-2/h8-9,11,14H,3-7H2,1-2H3. The van der Waals surface area contributed by atoms with Crippen molar-refractivity contribution >= 4 is 15.9 Å². The van der Waals surface area contributed by atoms with E-state index in [1.807, 2.05) is 6.20 Å². The minimum Gasteiger partial charge on any atom is -0.309 e. The second-order valence-corrected chi connectivity index (χ2v) is 5.35. The van der Waals surface area contributed by atoms with E-state index in [2.05, 4.69) is 44.9 Å². The van der Waals surface area contributed by atoms with Gasteiger partial charge in [-0.15, -0.1) is 0 Å². The topological polar surface area (TPSA) is 29.9 Å². The number of halogens is 1. The van der Waals surface area contributed by atoms with E-state index in [1.54, 1.807) is 0 Å². The molecule has 1 aliphatic rings. The van der Waals surface area contributed by atoms with E-state index in [1.165, 1.54) is 25.0 Å². The van der Waals surface area contributed by atoms with Crippen LogP contribution in [0.3, 0.4) is 0 Å². The van der Waals surface area contributed by atoms with Crippen LogP contribution in [0.15, 0.2) is 10.7 Å². The molecule has 2 rings (SSSR count). The number of aromatic nitrogens is 2. The fraction of sp³-hybridized carbons (Fsp3) is 0.750. The Balaban J connectivity index is 2.19. The SMILES string of the molecule is CCC1CCNC(c2c(Br)cnn2CC)C1. The average molecular weight is 286 g/mol. The van der Waals surface area contributed by atoms with Crippen molar-refractivity contribution in [2.24, 2.45) is 5.92 Å². The van der Waals surface area contributed by atoms with E-state index >= 15 is 0 Å². The molecule has 0 saturated carbocycles. The molecule has 2 atom stereocenters. The predicted octanol–water partition coefficient (Wildman–Crippen LogP) is 3.12. The first-order valence-electron chi connectivity index (χ1n) is 6.20. The summed E-state index contributed by atoms with van der Waals surface area (Å²) in [7, 11) is 0. The maximum Gasteiger partial charge on any atom is 0.0695 e. The van der Waals surface area contributed by atoms with Gasteiger partial charge in [-0.1, -0.05) is 13.3 Å². The summed E-state index contributed by atoms with van der Waals surface area (Å²) in [6.07, 6.45) is 5.75. The first-order chi connectivity index (χ1) is 7.76. The molecule has 0 aliphatic carbocycles.